The molecule has 1 spiro atoms. The van der Waals surface area contributed by atoms with Crippen molar-refractivity contribution in [1.29, 1.82) is 0 Å². The first kappa shape index (κ1) is 19.3. The minimum absolute atomic E-state index is 0.0121. The van der Waals surface area contributed by atoms with Crippen LogP contribution in [0.15, 0.2) is 0 Å². The molecule has 1 aliphatic heterocycles. The highest BCUT2D eigenvalue weighted by Gasteiger charge is 2.64. The van der Waals surface area contributed by atoms with Crippen LogP contribution < -0.4 is 4.74 Å². The summed E-state index contributed by atoms with van der Waals surface area (Å²) in [5.41, 5.74) is 0.0839. The number of hydrogen-bond acceptors (Lipinski definition) is 5. The van der Waals surface area contributed by atoms with E-state index in [4.69, 9.17) is 4.74 Å². The molecule has 2 N–H and O–H groups in total. The Morgan fingerprint density at radius 3 is 2.36 bits per heavy atom. The third-order valence-electron chi connectivity index (χ3n) is 7.83. The van der Waals surface area contributed by atoms with Crippen molar-refractivity contribution in [3.8, 4) is 17.2 Å². The van der Waals surface area contributed by atoms with E-state index in [9.17, 15) is 19.8 Å². The molecule has 4 atom stereocenters. The van der Waals surface area contributed by atoms with Crippen LogP contribution in [0.2, 0.25) is 0 Å². The van der Waals surface area contributed by atoms with Gasteiger partial charge in [0.15, 0.2) is 12.6 Å². The van der Waals surface area contributed by atoms with Gasteiger partial charge in [0.25, 0.3) is 0 Å². The molecule has 1 aromatic rings. The molecule has 0 aromatic heterocycles. The van der Waals surface area contributed by atoms with E-state index in [1.54, 1.807) is 0 Å². The van der Waals surface area contributed by atoms with Crippen LogP contribution in [0.5, 0.6) is 17.2 Å². The fourth-order valence-electron chi connectivity index (χ4n) is 6.36. The molecule has 4 aliphatic rings. The normalized spacial score (nSPS) is 32.4. The number of ether oxygens (including phenoxy) is 1. The van der Waals surface area contributed by atoms with E-state index in [1.165, 1.54) is 0 Å². The number of carbonyl (C=O) groups excluding carboxylic acids is 2. The van der Waals surface area contributed by atoms with E-state index >= 15 is 0 Å². The van der Waals surface area contributed by atoms with Gasteiger partial charge in [0.05, 0.1) is 11.1 Å². The monoisotopic (exact) mass is 386 g/mol. The lowest BCUT2D eigenvalue weighted by Gasteiger charge is -2.66. The summed E-state index contributed by atoms with van der Waals surface area (Å²) >= 11 is 0. The standard InChI is InChI=1S/C23H30O5/c1-12(2)7-13-9-23(6-5-14-8-17(23)22(14,3)4)28-21-16(11-25)19(26)15(10-24)20(27)18(13)21/h10-14,17,26-27H,5-9H2,1-4H3/t13-,14+,17+,23+/m0/s1. The molecule has 0 saturated heterocycles. The molecule has 3 aliphatic carbocycles. The molecular weight excluding hydrogens is 356 g/mol. The van der Waals surface area contributed by atoms with Crippen molar-refractivity contribution in [2.24, 2.45) is 23.2 Å². The first-order valence-electron chi connectivity index (χ1n) is 10.4. The summed E-state index contributed by atoms with van der Waals surface area (Å²) in [4.78, 5) is 23.4. The average Bonchev–Trinajstić information content (AvgIpc) is 2.61. The van der Waals surface area contributed by atoms with Gasteiger partial charge in [0.1, 0.15) is 22.8 Å². The second-order valence-electron chi connectivity index (χ2n) is 10.0. The quantitative estimate of drug-likeness (QED) is 0.724. The lowest BCUT2D eigenvalue weighted by atomic mass is 9.42. The molecule has 0 amide bonds. The molecule has 1 heterocycles. The van der Waals surface area contributed by atoms with Gasteiger partial charge in [-0.2, -0.15) is 0 Å². The van der Waals surface area contributed by atoms with Gasteiger partial charge in [0, 0.05) is 11.5 Å². The predicted octanol–water partition coefficient (Wildman–Crippen LogP) is 4.83. The third kappa shape index (κ3) is 2.44. The van der Waals surface area contributed by atoms with Gasteiger partial charge in [-0.15, -0.1) is 0 Å². The summed E-state index contributed by atoms with van der Waals surface area (Å²) in [6.07, 6.45) is 5.69. The smallest absolute Gasteiger partial charge is 0.157 e. The molecule has 1 aromatic carbocycles. The Morgan fingerprint density at radius 1 is 1.14 bits per heavy atom. The third-order valence-corrected chi connectivity index (χ3v) is 7.83. The lowest BCUT2D eigenvalue weighted by Crippen LogP contribution is -2.65. The topological polar surface area (TPSA) is 83.8 Å². The first-order valence-corrected chi connectivity index (χ1v) is 10.4. The van der Waals surface area contributed by atoms with Crippen LogP contribution in [0.3, 0.4) is 0 Å². The molecule has 3 saturated carbocycles. The zero-order valence-electron chi connectivity index (χ0n) is 17.1. The van der Waals surface area contributed by atoms with Crippen LogP contribution in [-0.2, 0) is 0 Å². The van der Waals surface area contributed by atoms with Gasteiger partial charge in [-0.05, 0) is 55.3 Å². The van der Waals surface area contributed by atoms with E-state index in [0.29, 0.717) is 35.9 Å². The number of hydrogen-bond donors (Lipinski definition) is 2. The van der Waals surface area contributed by atoms with Crippen molar-refractivity contribution < 1.29 is 24.5 Å². The largest absolute Gasteiger partial charge is 0.507 e. The van der Waals surface area contributed by atoms with Crippen molar-refractivity contribution in [3.63, 3.8) is 0 Å². The Labute approximate surface area is 166 Å². The van der Waals surface area contributed by atoms with Crippen LogP contribution in [-0.4, -0.2) is 28.4 Å². The van der Waals surface area contributed by atoms with Gasteiger partial charge in [-0.1, -0.05) is 27.7 Å². The SMILES string of the molecule is CC(C)C[C@H]1C[C@@]2(CC[C@@H]3C[C@@H]2C3(C)C)Oc2c(C=O)c(O)c(C=O)c(O)c21. The molecule has 0 unspecified atom stereocenters. The highest BCUT2D eigenvalue weighted by molar-refractivity contribution is 5.95. The van der Waals surface area contributed by atoms with E-state index in [1.807, 2.05) is 0 Å². The fraction of sp³-hybridized carbons (Fsp3) is 0.652. The van der Waals surface area contributed by atoms with Crippen LogP contribution >= 0.6 is 0 Å². The molecule has 5 heteroatoms. The second-order valence-corrected chi connectivity index (χ2v) is 10.0. The molecule has 0 radical (unpaired) electrons. The predicted molar refractivity (Wildman–Crippen MR) is 105 cm³/mol. The molecule has 152 valence electrons. The number of carbonyl (C=O) groups is 2. The summed E-state index contributed by atoms with van der Waals surface area (Å²) < 4.78 is 6.57. The van der Waals surface area contributed by atoms with Gasteiger partial charge < -0.3 is 14.9 Å². The Balaban J connectivity index is 1.91. The maximum atomic E-state index is 11.9. The molecule has 3 fully saturated rings. The zero-order chi connectivity index (χ0) is 20.4. The molecular formula is C23H30O5. The maximum Gasteiger partial charge on any atom is 0.157 e. The number of phenolic OH excluding ortho intramolecular Hbond substituents is 2. The molecule has 28 heavy (non-hydrogen) atoms. The Hall–Kier alpha value is -2.04. The summed E-state index contributed by atoms with van der Waals surface area (Å²) in [5.74, 6) is 1.02. The van der Waals surface area contributed by atoms with Gasteiger partial charge >= 0.3 is 0 Å². The van der Waals surface area contributed by atoms with Crippen molar-refractivity contribution in [2.45, 2.75) is 71.3 Å². The Morgan fingerprint density at radius 2 is 1.82 bits per heavy atom. The van der Waals surface area contributed by atoms with Crippen LogP contribution in [0.4, 0.5) is 0 Å². The highest BCUT2D eigenvalue weighted by atomic mass is 16.5. The number of benzene rings is 1. The Bertz CT molecular complexity index is 838. The fourth-order valence-corrected chi connectivity index (χ4v) is 6.36. The number of rotatable bonds is 4. The van der Waals surface area contributed by atoms with E-state index in [-0.39, 0.29) is 39.6 Å². The number of fused-ring (bicyclic) bond motifs is 2. The second kappa shape index (κ2) is 6.23. The molecule has 5 rings (SSSR count). The summed E-state index contributed by atoms with van der Waals surface area (Å²) in [6, 6.07) is 0. The lowest BCUT2D eigenvalue weighted by molar-refractivity contribution is -0.199. The zero-order valence-corrected chi connectivity index (χ0v) is 17.1. The number of aldehydes is 2. The molecule has 5 nitrogen and oxygen atoms in total. The number of aromatic hydroxyl groups is 2. The summed E-state index contributed by atoms with van der Waals surface area (Å²) in [5, 5.41) is 21.3. The highest BCUT2D eigenvalue weighted by Crippen LogP contribution is 2.67. The van der Waals surface area contributed by atoms with Gasteiger partial charge in [-0.3, -0.25) is 9.59 Å². The minimum Gasteiger partial charge on any atom is -0.507 e. The van der Waals surface area contributed by atoms with Crippen molar-refractivity contribution in [3.05, 3.63) is 16.7 Å². The van der Waals surface area contributed by atoms with Crippen LogP contribution in [0.25, 0.3) is 0 Å². The molecule has 2 bridgehead atoms. The van der Waals surface area contributed by atoms with Crippen LogP contribution in [0, 0.1) is 23.2 Å². The van der Waals surface area contributed by atoms with Gasteiger partial charge in [0.2, 0.25) is 0 Å². The van der Waals surface area contributed by atoms with Crippen LogP contribution in [0.1, 0.15) is 92.0 Å². The maximum absolute atomic E-state index is 11.9. The van der Waals surface area contributed by atoms with Gasteiger partial charge in [-0.25, -0.2) is 0 Å². The summed E-state index contributed by atoms with van der Waals surface area (Å²) in [6.45, 7) is 8.86. The average molecular weight is 386 g/mol. The van der Waals surface area contributed by atoms with E-state index in [2.05, 4.69) is 27.7 Å². The number of phenols is 2. The minimum atomic E-state index is -0.483. The summed E-state index contributed by atoms with van der Waals surface area (Å²) in [7, 11) is 0. The Kier molecular flexibility index (Phi) is 4.29. The van der Waals surface area contributed by atoms with E-state index in [0.717, 1.165) is 32.1 Å². The van der Waals surface area contributed by atoms with Crippen molar-refractivity contribution in [2.75, 3.05) is 0 Å². The first-order chi connectivity index (χ1) is 13.2. The van der Waals surface area contributed by atoms with Crippen molar-refractivity contribution >= 4 is 12.6 Å². The van der Waals surface area contributed by atoms with Crippen molar-refractivity contribution in [1.82, 2.24) is 0 Å². The van der Waals surface area contributed by atoms with E-state index < -0.39 is 5.75 Å².